The molecule has 0 aliphatic rings. The van der Waals surface area contributed by atoms with Crippen molar-refractivity contribution >= 4 is 5.91 Å². The summed E-state index contributed by atoms with van der Waals surface area (Å²) in [6.07, 6.45) is 115. The van der Waals surface area contributed by atoms with Gasteiger partial charge in [-0.3, -0.25) is 4.79 Å². The van der Waals surface area contributed by atoms with E-state index in [4.69, 9.17) is 0 Å². The van der Waals surface area contributed by atoms with Crippen LogP contribution in [0.5, 0.6) is 0 Å². The topological polar surface area (TPSA) is 69.6 Å². The van der Waals surface area contributed by atoms with Crippen LogP contribution in [0.2, 0.25) is 0 Å². The Kier molecular flexibility index (Phi) is 72.2. The lowest BCUT2D eigenvalue weighted by Gasteiger charge is -2.19. The molecule has 4 nitrogen and oxygen atoms in total. The maximum atomic E-state index is 12.6. The number of carbonyl (C=O) groups excluding carboxylic acids is 1. The molecule has 0 aromatic heterocycles. The van der Waals surface area contributed by atoms with Crippen molar-refractivity contribution in [1.82, 2.24) is 5.32 Å². The average Bonchev–Trinajstić information content (AvgIpc) is 3.51. The van der Waals surface area contributed by atoms with Gasteiger partial charge in [-0.15, -0.1) is 0 Å². The number of carbonyl (C=O) groups is 1. The molecular weight excluding hydrogens is 1030 g/mol. The van der Waals surface area contributed by atoms with Crippen LogP contribution in [0, 0.1) is 0 Å². The second kappa shape index (κ2) is 75.0. The first-order chi connectivity index (χ1) is 42.2. The summed E-state index contributed by atoms with van der Waals surface area (Å²) in [5.41, 5.74) is 0. The molecule has 0 saturated heterocycles. The standard InChI is InChI=1S/C81H143NO3/c1-3-5-7-9-11-13-15-17-19-21-23-25-27-29-31-33-35-37-38-39-40-41-42-43-44-45-47-49-51-53-55-57-59-61-63-65-67-69-71-73-75-77-81(85)82-79(78-83)80(84)76-74-72-70-68-66-64-62-60-58-56-54-52-50-48-46-36-34-32-30-28-26-24-22-20-18-16-14-12-10-8-6-4-2/h5,7,11,13,17,19,23,25,29,31,35,37,39-40,58,60,66,68,74,76,79-80,83-84H,3-4,6,8-10,12,14-16,18,20-22,24,26-28,30,32-34,36,38,41-57,59,61-65,67,69-73,75,77-78H2,1-2H3,(H,82,85)/b7-5-,13-11-,19-17-,25-23-,31-29-,37-35-,40-39-,60-58+,68-66+,76-74+. The van der Waals surface area contributed by atoms with Crippen LogP contribution >= 0.6 is 0 Å². The Bertz CT molecular complexity index is 1620. The van der Waals surface area contributed by atoms with Gasteiger partial charge in [-0.05, 0) is 103 Å². The number of rotatable bonds is 68. The van der Waals surface area contributed by atoms with Crippen molar-refractivity contribution in [3.8, 4) is 0 Å². The Balaban J connectivity index is 3.51. The van der Waals surface area contributed by atoms with Crippen LogP contribution < -0.4 is 5.32 Å². The third kappa shape index (κ3) is 71.4. The zero-order valence-corrected chi connectivity index (χ0v) is 56.6. The minimum absolute atomic E-state index is 0.0756. The van der Waals surface area contributed by atoms with Gasteiger partial charge in [0.2, 0.25) is 5.91 Å². The predicted molar refractivity (Wildman–Crippen MR) is 382 cm³/mol. The van der Waals surface area contributed by atoms with Gasteiger partial charge in [-0.2, -0.15) is 0 Å². The van der Waals surface area contributed by atoms with Gasteiger partial charge in [-0.25, -0.2) is 0 Å². The summed E-state index contributed by atoms with van der Waals surface area (Å²) in [7, 11) is 0. The molecule has 85 heavy (non-hydrogen) atoms. The first-order valence-electron chi connectivity index (χ1n) is 37.2. The van der Waals surface area contributed by atoms with E-state index in [1.165, 1.54) is 263 Å². The summed E-state index contributed by atoms with van der Waals surface area (Å²) in [5.74, 6) is -0.0756. The number of hydrogen-bond donors (Lipinski definition) is 3. The molecule has 490 valence electrons. The van der Waals surface area contributed by atoms with E-state index in [-0.39, 0.29) is 12.5 Å². The van der Waals surface area contributed by atoms with E-state index in [1.807, 2.05) is 6.08 Å². The Morgan fingerprint density at radius 3 is 0.824 bits per heavy atom. The summed E-state index contributed by atoms with van der Waals surface area (Å²) < 4.78 is 0. The highest BCUT2D eigenvalue weighted by molar-refractivity contribution is 5.76. The molecule has 0 bridgehead atoms. The van der Waals surface area contributed by atoms with Gasteiger partial charge in [0.15, 0.2) is 0 Å². The molecule has 0 aromatic carbocycles. The molecule has 2 unspecified atom stereocenters. The minimum Gasteiger partial charge on any atom is -0.394 e. The monoisotopic (exact) mass is 1180 g/mol. The molecule has 0 heterocycles. The van der Waals surface area contributed by atoms with E-state index in [9.17, 15) is 15.0 Å². The quantitative estimate of drug-likeness (QED) is 0.0420. The molecule has 0 aliphatic heterocycles. The van der Waals surface area contributed by atoms with Crippen LogP contribution in [0.1, 0.15) is 367 Å². The van der Waals surface area contributed by atoms with Crippen LogP contribution in [-0.2, 0) is 4.79 Å². The first kappa shape index (κ1) is 81.8. The number of hydrogen-bond acceptors (Lipinski definition) is 3. The van der Waals surface area contributed by atoms with Gasteiger partial charge in [0, 0.05) is 6.42 Å². The molecule has 0 fully saturated rings. The first-order valence-corrected chi connectivity index (χ1v) is 37.2. The fourth-order valence-electron chi connectivity index (χ4n) is 11.1. The maximum absolute atomic E-state index is 12.6. The highest BCUT2D eigenvalue weighted by Gasteiger charge is 2.18. The second-order valence-corrected chi connectivity index (χ2v) is 25.0. The SMILES string of the molecule is CC/C=C\C/C=C\C/C=C\C/C=C\C/C=C\C/C=C\C/C=C\CCCCCCCCCCCCCCCCCCCCCC(=O)NC(CO)C(O)/C=C/CC/C=C/CC/C=C/CCCCCCCCCCCCCCCCCCCCCCCC. The molecule has 0 aliphatic carbocycles. The number of aliphatic hydroxyl groups excluding tert-OH is 2. The highest BCUT2D eigenvalue weighted by Crippen LogP contribution is 2.18. The fraction of sp³-hybridized carbons (Fsp3) is 0.741. The average molecular weight is 1180 g/mol. The van der Waals surface area contributed by atoms with Gasteiger partial charge in [0.1, 0.15) is 0 Å². The van der Waals surface area contributed by atoms with E-state index in [0.29, 0.717) is 6.42 Å². The number of amides is 1. The summed E-state index contributed by atoms with van der Waals surface area (Å²) >= 11 is 0. The van der Waals surface area contributed by atoms with Crippen molar-refractivity contribution in [1.29, 1.82) is 0 Å². The van der Waals surface area contributed by atoms with Crippen LogP contribution in [0.4, 0.5) is 0 Å². The van der Waals surface area contributed by atoms with Crippen molar-refractivity contribution in [3.63, 3.8) is 0 Å². The normalized spacial score (nSPS) is 13.4. The van der Waals surface area contributed by atoms with Crippen molar-refractivity contribution in [2.24, 2.45) is 0 Å². The summed E-state index contributed by atoms with van der Waals surface area (Å²) in [4.78, 5) is 12.6. The number of nitrogens with one attached hydrogen (secondary N) is 1. The van der Waals surface area contributed by atoms with Gasteiger partial charge < -0.3 is 15.5 Å². The number of unbranched alkanes of at least 4 members (excludes halogenated alkanes) is 43. The lowest BCUT2D eigenvalue weighted by Crippen LogP contribution is -2.45. The molecule has 0 spiro atoms. The Labute approximate surface area is 530 Å². The maximum Gasteiger partial charge on any atom is 0.220 e. The number of allylic oxidation sites excluding steroid dienone is 19. The van der Waals surface area contributed by atoms with Gasteiger partial charge >= 0.3 is 0 Å². The Morgan fingerprint density at radius 2 is 0.529 bits per heavy atom. The van der Waals surface area contributed by atoms with Crippen molar-refractivity contribution in [2.45, 2.75) is 379 Å². The van der Waals surface area contributed by atoms with E-state index in [1.54, 1.807) is 6.08 Å². The van der Waals surface area contributed by atoms with Crippen molar-refractivity contribution in [2.75, 3.05) is 6.61 Å². The summed E-state index contributed by atoms with van der Waals surface area (Å²) in [5, 5.41) is 23.3. The van der Waals surface area contributed by atoms with E-state index in [2.05, 4.69) is 129 Å². The summed E-state index contributed by atoms with van der Waals surface area (Å²) in [6.45, 7) is 4.21. The predicted octanol–water partition coefficient (Wildman–Crippen LogP) is 25.9. The van der Waals surface area contributed by atoms with E-state index >= 15 is 0 Å². The largest absolute Gasteiger partial charge is 0.394 e. The smallest absolute Gasteiger partial charge is 0.220 e. The van der Waals surface area contributed by atoms with E-state index in [0.717, 1.165) is 83.5 Å². The molecule has 3 N–H and O–H groups in total. The zero-order valence-electron chi connectivity index (χ0n) is 56.6. The molecule has 0 aromatic rings. The van der Waals surface area contributed by atoms with Crippen LogP contribution in [-0.4, -0.2) is 34.9 Å². The molecule has 0 saturated carbocycles. The summed E-state index contributed by atoms with van der Waals surface area (Å²) in [6, 6.07) is -0.653. The second-order valence-electron chi connectivity index (χ2n) is 25.0. The van der Waals surface area contributed by atoms with Crippen LogP contribution in [0.25, 0.3) is 0 Å². The van der Waals surface area contributed by atoms with Gasteiger partial charge in [-0.1, -0.05) is 379 Å². The Hall–Kier alpha value is -3.21. The third-order valence-electron chi connectivity index (χ3n) is 16.7. The molecule has 4 heteroatoms. The van der Waals surface area contributed by atoms with Gasteiger partial charge in [0.25, 0.3) is 0 Å². The van der Waals surface area contributed by atoms with Crippen molar-refractivity contribution in [3.05, 3.63) is 122 Å². The molecule has 0 rings (SSSR count). The lowest BCUT2D eigenvalue weighted by atomic mass is 10.0. The third-order valence-corrected chi connectivity index (χ3v) is 16.7. The molecule has 2 atom stereocenters. The fourth-order valence-corrected chi connectivity index (χ4v) is 11.1. The van der Waals surface area contributed by atoms with Crippen LogP contribution in [0.15, 0.2) is 122 Å². The lowest BCUT2D eigenvalue weighted by molar-refractivity contribution is -0.123. The van der Waals surface area contributed by atoms with Crippen molar-refractivity contribution < 1.29 is 15.0 Å². The highest BCUT2D eigenvalue weighted by atomic mass is 16.3. The number of aliphatic hydroxyl groups is 2. The molecule has 0 radical (unpaired) electrons. The minimum atomic E-state index is -0.877. The zero-order chi connectivity index (χ0) is 61.2. The van der Waals surface area contributed by atoms with E-state index < -0.39 is 12.1 Å². The molecule has 1 amide bonds. The molecular formula is C81H143NO3. The van der Waals surface area contributed by atoms with Crippen LogP contribution in [0.3, 0.4) is 0 Å². The Morgan fingerprint density at radius 1 is 0.294 bits per heavy atom. The van der Waals surface area contributed by atoms with Gasteiger partial charge in [0.05, 0.1) is 18.8 Å².